The molecular formula is C21H27N3O6S. The molecule has 168 valence electrons. The summed E-state index contributed by atoms with van der Waals surface area (Å²) in [7, 11) is -3.20. The summed E-state index contributed by atoms with van der Waals surface area (Å²) in [5.41, 5.74) is 0.879. The van der Waals surface area contributed by atoms with Crippen molar-refractivity contribution < 1.29 is 27.5 Å². The molecule has 1 aromatic rings. The van der Waals surface area contributed by atoms with Crippen LogP contribution in [0.25, 0.3) is 0 Å². The van der Waals surface area contributed by atoms with Gasteiger partial charge in [-0.3, -0.25) is 14.4 Å². The van der Waals surface area contributed by atoms with E-state index >= 15 is 0 Å². The number of hydrogen-bond acceptors (Lipinski definition) is 7. The lowest BCUT2D eigenvalue weighted by molar-refractivity contribution is -0.148. The molecule has 2 amide bonds. The van der Waals surface area contributed by atoms with Crippen molar-refractivity contribution in [3.63, 3.8) is 0 Å². The van der Waals surface area contributed by atoms with Crippen LogP contribution in [0, 0.1) is 0 Å². The first-order valence-corrected chi connectivity index (χ1v) is 12.1. The Morgan fingerprint density at radius 2 is 1.94 bits per heavy atom. The summed E-state index contributed by atoms with van der Waals surface area (Å²) in [6, 6.07) is 7.87. The first-order chi connectivity index (χ1) is 14.6. The minimum Gasteiger partial charge on any atom is -0.463 e. The van der Waals surface area contributed by atoms with Crippen molar-refractivity contribution in [2.45, 2.75) is 57.7 Å². The smallest absolute Gasteiger partial charge is 0.308 e. The van der Waals surface area contributed by atoms with Crippen LogP contribution in [0.5, 0.6) is 0 Å². The van der Waals surface area contributed by atoms with Gasteiger partial charge in [-0.2, -0.15) is 5.10 Å². The van der Waals surface area contributed by atoms with Crippen LogP contribution in [0.2, 0.25) is 0 Å². The molecule has 2 aliphatic heterocycles. The second-order valence-corrected chi connectivity index (χ2v) is 10.3. The van der Waals surface area contributed by atoms with Crippen molar-refractivity contribution in [2.24, 2.45) is 5.10 Å². The Labute approximate surface area is 181 Å². The minimum atomic E-state index is -3.20. The Kier molecular flexibility index (Phi) is 7.09. The van der Waals surface area contributed by atoms with E-state index < -0.39 is 33.8 Å². The average Bonchev–Trinajstić information content (AvgIpc) is 3.07. The van der Waals surface area contributed by atoms with Crippen molar-refractivity contribution in [1.29, 1.82) is 0 Å². The van der Waals surface area contributed by atoms with E-state index in [2.05, 4.69) is 10.4 Å². The largest absolute Gasteiger partial charge is 0.463 e. The van der Waals surface area contributed by atoms with Gasteiger partial charge in [-0.1, -0.05) is 30.3 Å². The van der Waals surface area contributed by atoms with Gasteiger partial charge in [-0.05, 0) is 25.8 Å². The summed E-state index contributed by atoms with van der Waals surface area (Å²) in [5, 5.41) is 8.16. The summed E-state index contributed by atoms with van der Waals surface area (Å²) in [6.45, 7) is 3.50. The number of ether oxygens (including phenoxy) is 1. The summed E-state index contributed by atoms with van der Waals surface area (Å²) in [6.07, 6.45) is 0.210. The number of carbonyl (C=O) groups excluding carboxylic acids is 3. The summed E-state index contributed by atoms with van der Waals surface area (Å²) < 4.78 is 28.8. The molecule has 0 bridgehead atoms. The highest BCUT2D eigenvalue weighted by Crippen LogP contribution is 2.23. The van der Waals surface area contributed by atoms with E-state index in [1.165, 1.54) is 0 Å². The van der Waals surface area contributed by atoms with Crippen LogP contribution in [0.3, 0.4) is 0 Å². The predicted molar refractivity (Wildman–Crippen MR) is 114 cm³/mol. The van der Waals surface area contributed by atoms with E-state index in [0.29, 0.717) is 6.42 Å². The molecule has 2 aliphatic rings. The highest BCUT2D eigenvalue weighted by molar-refractivity contribution is 7.91. The van der Waals surface area contributed by atoms with Crippen LogP contribution >= 0.6 is 0 Å². The molecule has 2 heterocycles. The monoisotopic (exact) mass is 449 g/mol. The highest BCUT2D eigenvalue weighted by atomic mass is 32.2. The second kappa shape index (κ2) is 9.59. The molecule has 0 spiro atoms. The number of sulfone groups is 1. The zero-order chi connectivity index (χ0) is 22.6. The Balaban J connectivity index is 1.76. The van der Waals surface area contributed by atoms with E-state index in [-0.39, 0.29) is 48.5 Å². The molecule has 0 saturated carbocycles. The van der Waals surface area contributed by atoms with Crippen molar-refractivity contribution in [1.82, 2.24) is 10.3 Å². The third-order valence-electron chi connectivity index (χ3n) is 5.12. The Hall–Kier alpha value is -2.75. The Bertz CT molecular complexity index is 974. The molecule has 31 heavy (non-hydrogen) atoms. The molecule has 0 aliphatic carbocycles. The van der Waals surface area contributed by atoms with Gasteiger partial charge in [0.05, 0.1) is 36.1 Å². The number of nitrogens with one attached hydrogen (secondary N) is 1. The number of benzene rings is 1. The minimum absolute atomic E-state index is 0.00649. The van der Waals surface area contributed by atoms with E-state index in [1.807, 2.05) is 6.07 Å². The molecule has 10 heteroatoms. The van der Waals surface area contributed by atoms with E-state index in [9.17, 15) is 22.8 Å². The topological polar surface area (TPSA) is 122 Å². The fraction of sp³-hybridized carbons (Fsp3) is 0.524. The third-order valence-corrected chi connectivity index (χ3v) is 6.87. The molecule has 1 aromatic carbocycles. The number of rotatable bonds is 7. The highest BCUT2D eigenvalue weighted by Gasteiger charge is 2.37. The van der Waals surface area contributed by atoms with Gasteiger partial charge in [0.2, 0.25) is 5.91 Å². The zero-order valence-corrected chi connectivity index (χ0v) is 18.4. The number of hydrogen-bond donors (Lipinski definition) is 1. The molecule has 9 nitrogen and oxygen atoms in total. The normalized spacial score (nSPS) is 21.5. The van der Waals surface area contributed by atoms with Gasteiger partial charge in [0, 0.05) is 12.8 Å². The number of hydrazone groups is 1. The lowest BCUT2D eigenvalue weighted by Crippen LogP contribution is -2.44. The van der Waals surface area contributed by atoms with Crippen LogP contribution in [0.4, 0.5) is 0 Å². The molecule has 1 saturated heterocycles. The quantitative estimate of drug-likeness (QED) is 0.627. The standard InChI is InChI=1S/C21H27N3O6S/c1-14(2)30-20(26)12-18(15-6-4-3-5-7-15)22-21(27)17-8-9-19(25)24(23-17)16-10-11-31(28,29)13-16/h3-7,14,16,18H,8-13H2,1-2H3,(H,22,27)/t16-,18-/m1/s1. The fourth-order valence-corrected chi connectivity index (χ4v) is 5.34. The fourth-order valence-electron chi connectivity index (χ4n) is 3.64. The zero-order valence-electron chi connectivity index (χ0n) is 17.6. The molecule has 3 rings (SSSR count). The summed E-state index contributed by atoms with van der Waals surface area (Å²) >= 11 is 0. The van der Waals surface area contributed by atoms with Gasteiger partial charge in [0.15, 0.2) is 9.84 Å². The first-order valence-electron chi connectivity index (χ1n) is 10.3. The summed E-state index contributed by atoms with van der Waals surface area (Å²) in [4.78, 5) is 37.4. The molecular weight excluding hydrogens is 422 g/mol. The van der Waals surface area contributed by atoms with Gasteiger partial charge >= 0.3 is 5.97 Å². The maximum Gasteiger partial charge on any atom is 0.308 e. The van der Waals surface area contributed by atoms with Gasteiger partial charge < -0.3 is 10.1 Å². The van der Waals surface area contributed by atoms with Crippen LogP contribution in [0.15, 0.2) is 35.4 Å². The Morgan fingerprint density at radius 1 is 1.23 bits per heavy atom. The third kappa shape index (κ3) is 6.13. The molecule has 0 aromatic heterocycles. The van der Waals surface area contributed by atoms with Crippen molar-refractivity contribution in [3.8, 4) is 0 Å². The van der Waals surface area contributed by atoms with E-state index in [0.717, 1.165) is 10.6 Å². The predicted octanol–water partition coefficient (Wildman–Crippen LogP) is 1.35. The van der Waals surface area contributed by atoms with Crippen molar-refractivity contribution in [2.75, 3.05) is 11.5 Å². The van der Waals surface area contributed by atoms with Crippen LogP contribution < -0.4 is 5.32 Å². The van der Waals surface area contributed by atoms with E-state index in [1.54, 1.807) is 38.1 Å². The number of carbonyl (C=O) groups is 3. The van der Waals surface area contributed by atoms with Crippen LogP contribution in [0.1, 0.15) is 51.1 Å². The molecule has 0 radical (unpaired) electrons. The van der Waals surface area contributed by atoms with Crippen LogP contribution in [-0.2, 0) is 29.0 Å². The lowest BCUT2D eigenvalue weighted by Gasteiger charge is -2.28. The molecule has 1 fully saturated rings. The molecule has 0 unspecified atom stereocenters. The van der Waals surface area contributed by atoms with Crippen LogP contribution in [-0.4, -0.2) is 60.6 Å². The van der Waals surface area contributed by atoms with Gasteiger partial charge in [-0.25, -0.2) is 13.4 Å². The number of nitrogens with zero attached hydrogens (tertiary/aromatic N) is 2. The number of amides is 2. The van der Waals surface area contributed by atoms with Gasteiger partial charge in [0.1, 0.15) is 5.71 Å². The maximum absolute atomic E-state index is 12.9. The maximum atomic E-state index is 12.9. The van der Waals surface area contributed by atoms with Crippen molar-refractivity contribution in [3.05, 3.63) is 35.9 Å². The van der Waals surface area contributed by atoms with Crippen molar-refractivity contribution >= 4 is 33.3 Å². The van der Waals surface area contributed by atoms with Gasteiger partial charge in [0.25, 0.3) is 5.91 Å². The molecule has 1 N–H and O–H groups in total. The van der Waals surface area contributed by atoms with E-state index in [4.69, 9.17) is 4.74 Å². The second-order valence-electron chi connectivity index (χ2n) is 8.02. The number of esters is 1. The van der Waals surface area contributed by atoms with Gasteiger partial charge in [-0.15, -0.1) is 0 Å². The average molecular weight is 450 g/mol. The first kappa shape index (κ1) is 22.9. The summed E-state index contributed by atoms with van der Waals surface area (Å²) in [5.74, 6) is -1.37. The SMILES string of the molecule is CC(C)OC(=O)C[C@@H](NC(=O)C1=NN([C@@H]2CCS(=O)(=O)C2)C(=O)CC1)c1ccccc1. The Morgan fingerprint density at radius 3 is 2.55 bits per heavy atom. The molecule has 2 atom stereocenters. The lowest BCUT2D eigenvalue weighted by atomic mass is 10.0.